The first-order chi connectivity index (χ1) is 8.75. The number of hydrogen-bond donors (Lipinski definition) is 1. The van der Waals surface area contributed by atoms with Crippen molar-refractivity contribution in [1.29, 1.82) is 0 Å². The second kappa shape index (κ2) is 5.81. The number of carbonyl (C=O) groups excluding carboxylic acids is 1. The normalized spacial score (nSPS) is 11.6. The van der Waals surface area contributed by atoms with Crippen LogP contribution in [0.25, 0.3) is 0 Å². The van der Waals surface area contributed by atoms with Gasteiger partial charge >= 0.3 is 5.97 Å². The molecule has 0 radical (unpaired) electrons. The summed E-state index contributed by atoms with van der Waals surface area (Å²) in [6.45, 7) is 0. The summed E-state index contributed by atoms with van der Waals surface area (Å²) in [5.74, 6) is -0.771. The fourth-order valence-corrected chi connectivity index (χ4v) is 2.03. The molecule has 1 aromatic carbocycles. The minimum Gasteiger partial charge on any atom is -0.465 e. The van der Waals surface area contributed by atoms with E-state index in [1.54, 1.807) is 19.0 Å². The molecule has 0 unspecified atom stereocenters. The van der Waals surface area contributed by atoms with Gasteiger partial charge in [0.25, 0.3) is 0 Å². The van der Waals surface area contributed by atoms with Crippen LogP contribution in [0.3, 0.4) is 0 Å². The van der Waals surface area contributed by atoms with Crippen LogP contribution in [0.5, 0.6) is 0 Å². The number of esters is 1. The predicted molar refractivity (Wildman–Crippen MR) is 71.0 cm³/mol. The van der Waals surface area contributed by atoms with Crippen molar-refractivity contribution >= 4 is 28.0 Å². The Hall–Kier alpha value is -1.93. The molecule has 2 N–H and O–H groups in total. The van der Waals surface area contributed by atoms with E-state index in [4.69, 9.17) is 5.14 Å². The van der Waals surface area contributed by atoms with Gasteiger partial charge < -0.3 is 9.64 Å². The average Bonchev–Trinajstić information content (AvgIpc) is 2.34. The molecule has 0 fully saturated rings. The minimum absolute atomic E-state index is 0.117. The van der Waals surface area contributed by atoms with Gasteiger partial charge in [-0.25, -0.2) is 23.3 Å². The maximum absolute atomic E-state index is 11.5. The Bertz CT molecular complexity index is 608. The lowest BCUT2D eigenvalue weighted by Gasteiger charge is -2.07. The Morgan fingerprint density at radius 3 is 2.53 bits per heavy atom. The number of benzene rings is 1. The van der Waals surface area contributed by atoms with E-state index in [0.29, 0.717) is 5.69 Å². The minimum atomic E-state index is -4.04. The van der Waals surface area contributed by atoms with Crippen molar-refractivity contribution in [3.63, 3.8) is 0 Å². The lowest BCUT2D eigenvalue weighted by Crippen LogP contribution is -2.17. The highest BCUT2D eigenvalue weighted by Crippen LogP contribution is 2.22. The summed E-state index contributed by atoms with van der Waals surface area (Å²) in [5, 5.41) is 5.08. The largest absolute Gasteiger partial charge is 0.465 e. The van der Waals surface area contributed by atoms with Crippen LogP contribution in [0, 0.1) is 0 Å². The fourth-order valence-electron chi connectivity index (χ4n) is 1.29. The highest BCUT2D eigenvalue weighted by molar-refractivity contribution is 7.89. The third kappa shape index (κ3) is 4.04. The van der Waals surface area contributed by atoms with Crippen LogP contribution in [0.4, 0.5) is 5.69 Å². The molecule has 7 nitrogen and oxygen atoms in total. The summed E-state index contributed by atoms with van der Waals surface area (Å²) >= 11 is 0. The van der Waals surface area contributed by atoms with E-state index in [9.17, 15) is 13.2 Å². The first-order valence-electron chi connectivity index (χ1n) is 5.21. The SMILES string of the molecule is COC(=O)c1ccc(N=CN(C)C)cc1S(N)(=O)=O. The summed E-state index contributed by atoms with van der Waals surface area (Å²) < 4.78 is 27.4. The topological polar surface area (TPSA) is 102 Å². The molecular formula is C11H15N3O4S. The van der Waals surface area contributed by atoms with Gasteiger partial charge in [0.2, 0.25) is 10.0 Å². The van der Waals surface area contributed by atoms with E-state index in [-0.39, 0.29) is 10.5 Å². The van der Waals surface area contributed by atoms with Gasteiger partial charge in [-0.05, 0) is 18.2 Å². The second-order valence-corrected chi connectivity index (χ2v) is 5.46. The van der Waals surface area contributed by atoms with Crippen LogP contribution in [0.1, 0.15) is 10.4 Å². The quantitative estimate of drug-likeness (QED) is 0.488. The average molecular weight is 285 g/mol. The number of methoxy groups -OCH3 is 1. The maximum atomic E-state index is 11.5. The Labute approximate surface area is 111 Å². The van der Waals surface area contributed by atoms with E-state index in [0.717, 1.165) is 7.11 Å². The monoisotopic (exact) mass is 285 g/mol. The molecule has 0 saturated carbocycles. The molecule has 0 amide bonds. The molecule has 19 heavy (non-hydrogen) atoms. The van der Waals surface area contributed by atoms with Gasteiger partial charge in [-0.1, -0.05) is 0 Å². The number of nitrogens with two attached hydrogens (primary N) is 1. The van der Waals surface area contributed by atoms with E-state index < -0.39 is 16.0 Å². The van der Waals surface area contributed by atoms with Gasteiger partial charge in [-0.3, -0.25) is 0 Å². The Morgan fingerprint density at radius 2 is 2.05 bits per heavy atom. The third-order valence-electron chi connectivity index (χ3n) is 2.11. The Balaban J connectivity index is 3.36. The van der Waals surface area contributed by atoms with Gasteiger partial charge in [0, 0.05) is 14.1 Å². The van der Waals surface area contributed by atoms with Crippen molar-refractivity contribution in [3.05, 3.63) is 23.8 Å². The third-order valence-corrected chi connectivity index (χ3v) is 3.07. The molecule has 0 aliphatic rings. The molecule has 0 aromatic heterocycles. The summed E-state index contributed by atoms with van der Waals surface area (Å²) in [7, 11) is 0.664. The van der Waals surface area contributed by atoms with E-state index >= 15 is 0 Å². The Kier molecular flexibility index (Phi) is 4.62. The van der Waals surface area contributed by atoms with Gasteiger partial charge in [-0.2, -0.15) is 0 Å². The molecule has 8 heteroatoms. The molecule has 0 spiro atoms. The molecule has 0 heterocycles. The highest BCUT2D eigenvalue weighted by atomic mass is 32.2. The van der Waals surface area contributed by atoms with Crippen molar-refractivity contribution < 1.29 is 17.9 Å². The molecule has 0 atom stereocenters. The molecule has 0 saturated heterocycles. The van der Waals surface area contributed by atoms with Crippen molar-refractivity contribution in [3.8, 4) is 0 Å². The van der Waals surface area contributed by atoms with Gasteiger partial charge in [0.1, 0.15) is 0 Å². The first kappa shape index (κ1) is 15.1. The van der Waals surface area contributed by atoms with Crippen molar-refractivity contribution in [2.24, 2.45) is 10.1 Å². The van der Waals surface area contributed by atoms with E-state index in [2.05, 4.69) is 9.73 Å². The fraction of sp³-hybridized carbons (Fsp3) is 0.273. The molecule has 1 rings (SSSR count). The standard InChI is InChI=1S/C11H15N3O4S/c1-14(2)7-13-8-4-5-9(11(15)18-3)10(6-8)19(12,16)17/h4-7H,1-3H3,(H2,12,16,17). The smallest absolute Gasteiger partial charge is 0.339 e. The number of aliphatic imine (C=N–C) groups is 1. The number of hydrogen-bond acceptors (Lipinski definition) is 5. The van der Waals surface area contributed by atoms with Crippen LogP contribution in [0.2, 0.25) is 0 Å². The number of ether oxygens (including phenoxy) is 1. The number of nitrogens with zero attached hydrogens (tertiary/aromatic N) is 2. The summed E-state index contributed by atoms with van der Waals surface area (Å²) in [6, 6.07) is 4.04. The molecule has 1 aromatic rings. The van der Waals surface area contributed by atoms with E-state index in [1.807, 2.05) is 0 Å². The van der Waals surface area contributed by atoms with Gasteiger partial charge in [0.05, 0.1) is 29.6 Å². The van der Waals surface area contributed by atoms with Crippen LogP contribution < -0.4 is 5.14 Å². The number of sulfonamides is 1. The van der Waals surface area contributed by atoms with Crippen LogP contribution in [-0.2, 0) is 14.8 Å². The predicted octanol–water partition coefficient (Wildman–Crippen LogP) is 0.342. The maximum Gasteiger partial charge on any atom is 0.339 e. The second-order valence-electron chi connectivity index (χ2n) is 3.93. The zero-order chi connectivity index (χ0) is 14.6. The molecule has 104 valence electrons. The zero-order valence-corrected chi connectivity index (χ0v) is 11.6. The van der Waals surface area contributed by atoms with E-state index in [1.165, 1.54) is 24.5 Å². The lowest BCUT2D eigenvalue weighted by atomic mass is 10.2. The number of rotatable bonds is 4. The van der Waals surface area contributed by atoms with Crippen molar-refractivity contribution in [2.45, 2.75) is 4.90 Å². The molecule has 0 aliphatic heterocycles. The zero-order valence-electron chi connectivity index (χ0n) is 10.8. The summed E-state index contributed by atoms with van der Waals surface area (Å²) in [4.78, 5) is 16.9. The molecule has 0 aliphatic carbocycles. The molecular weight excluding hydrogens is 270 g/mol. The summed E-state index contributed by atoms with van der Waals surface area (Å²) in [6.07, 6.45) is 1.50. The van der Waals surface area contributed by atoms with Crippen LogP contribution in [-0.4, -0.2) is 46.8 Å². The Morgan fingerprint density at radius 1 is 1.42 bits per heavy atom. The number of carbonyl (C=O) groups is 1. The molecule has 0 bridgehead atoms. The van der Waals surface area contributed by atoms with Crippen LogP contribution >= 0.6 is 0 Å². The highest BCUT2D eigenvalue weighted by Gasteiger charge is 2.20. The van der Waals surface area contributed by atoms with Crippen molar-refractivity contribution in [1.82, 2.24) is 4.90 Å². The number of primary sulfonamides is 1. The summed E-state index contributed by atoms with van der Waals surface area (Å²) in [5.41, 5.74) is 0.249. The van der Waals surface area contributed by atoms with Crippen LogP contribution in [0.15, 0.2) is 28.1 Å². The van der Waals surface area contributed by atoms with Gasteiger partial charge in [0.15, 0.2) is 0 Å². The first-order valence-corrected chi connectivity index (χ1v) is 6.76. The van der Waals surface area contributed by atoms with Crippen molar-refractivity contribution in [2.75, 3.05) is 21.2 Å². The lowest BCUT2D eigenvalue weighted by molar-refractivity contribution is 0.0596. The van der Waals surface area contributed by atoms with Gasteiger partial charge in [-0.15, -0.1) is 0 Å².